The van der Waals surface area contributed by atoms with Crippen LogP contribution >= 0.6 is 0 Å². The molecule has 1 fully saturated rings. The largest absolute Gasteiger partial charge is 0.405 e. The molecule has 0 unspecified atom stereocenters. The number of hydrogen-bond donors (Lipinski definition) is 1. The van der Waals surface area contributed by atoms with Gasteiger partial charge in [-0.2, -0.15) is 0 Å². The molecule has 0 bridgehead atoms. The van der Waals surface area contributed by atoms with Gasteiger partial charge in [0.05, 0.1) is 0 Å². The molecular formula is C36H62N4. The third-order valence-corrected chi connectivity index (χ3v) is 6.59. The van der Waals surface area contributed by atoms with E-state index in [-0.39, 0.29) is 0 Å². The van der Waals surface area contributed by atoms with Crippen molar-refractivity contribution >= 4 is 11.3 Å². The number of hydrogen-bond acceptors (Lipinski definition) is 4. The molecule has 3 rings (SSSR count). The predicted octanol–water partition coefficient (Wildman–Crippen LogP) is 9.44. The molecule has 1 aliphatic heterocycles. The van der Waals surface area contributed by atoms with Gasteiger partial charge in [0.1, 0.15) is 0 Å². The van der Waals surface area contributed by atoms with Gasteiger partial charge in [0, 0.05) is 30.7 Å². The van der Waals surface area contributed by atoms with Crippen molar-refractivity contribution in [2.75, 3.05) is 37.6 Å². The van der Waals surface area contributed by atoms with Crippen molar-refractivity contribution in [3.05, 3.63) is 77.8 Å². The van der Waals surface area contributed by atoms with Crippen LogP contribution in [0.1, 0.15) is 110 Å². The Balaban J connectivity index is 0.000000974. The fraction of sp³-hybridized carbons (Fsp3) is 0.583. The Morgan fingerprint density at radius 3 is 2.00 bits per heavy atom. The molecular weight excluding hydrogens is 488 g/mol. The summed E-state index contributed by atoms with van der Waals surface area (Å²) in [4.78, 5) is 9.43. The summed E-state index contributed by atoms with van der Waals surface area (Å²) < 4.78 is 0. The minimum absolute atomic E-state index is 0.973. The maximum atomic E-state index is 5.63. The van der Waals surface area contributed by atoms with E-state index in [9.17, 15) is 0 Å². The second-order valence-electron chi connectivity index (χ2n) is 9.80. The zero-order chi connectivity index (χ0) is 30.0. The van der Waals surface area contributed by atoms with Gasteiger partial charge in [0.25, 0.3) is 0 Å². The summed E-state index contributed by atoms with van der Waals surface area (Å²) in [6, 6.07) is 13.2. The zero-order valence-corrected chi connectivity index (χ0v) is 27.4. The van der Waals surface area contributed by atoms with Gasteiger partial charge in [-0.25, -0.2) is 0 Å². The van der Waals surface area contributed by atoms with Gasteiger partial charge in [-0.15, -0.1) is 0 Å². The van der Waals surface area contributed by atoms with Crippen LogP contribution in [-0.2, 0) is 6.42 Å². The highest BCUT2D eigenvalue weighted by atomic mass is 15.1. The fourth-order valence-electron chi connectivity index (χ4n) is 4.70. The van der Waals surface area contributed by atoms with Crippen molar-refractivity contribution in [3.8, 4) is 0 Å². The van der Waals surface area contributed by atoms with E-state index in [1.807, 2.05) is 53.0 Å². The number of aromatic nitrogens is 1. The molecule has 2 aromatic rings. The number of nitrogens with zero attached hydrogens (tertiary/aromatic N) is 3. The third kappa shape index (κ3) is 15.9. The predicted molar refractivity (Wildman–Crippen MR) is 181 cm³/mol. The Kier molecular flexibility index (Phi) is 23.7. The fourth-order valence-corrected chi connectivity index (χ4v) is 4.70. The SMILES string of the molecule is CC.CC.CCCN(CCC)c1ccc(CC/C=C(\C=C/N)c2ccc(C)nc2)cc1.CCCN1CCCCC1. The lowest BCUT2D eigenvalue weighted by Gasteiger charge is -2.25. The minimum Gasteiger partial charge on any atom is -0.405 e. The normalized spacial score (nSPS) is 13.3. The summed E-state index contributed by atoms with van der Waals surface area (Å²) in [5.41, 5.74) is 11.6. The average Bonchev–Trinajstić information content (AvgIpc) is 3.01. The second-order valence-corrected chi connectivity index (χ2v) is 9.80. The highest BCUT2D eigenvalue weighted by Crippen LogP contribution is 2.19. The molecule has 0 spiro atoms. The monoisotopic (exact) mass is 550 g/mol. The molecule has 2 N–H and O–H groups in total. The topological polar surface area (TPSA) is 45.4 Å². The number of allylic oxidation sites excluding steroid dienone is 3. The highest BCUT2D eigenvalue weighted by Gasteiger charge is 2.07. The first-order valence-electron chi connectivity index (χ1n) is 16.2. The number of piperidine rings is 1. The van der Waals surface area contributed by atoms with Crippen LogP contribution in [0.3, 0.4) is 0 Å². The Morgan fingerprint density at radius 1 is 0.875 bits per heavy atom. The van der Waals surface area contributed by atoms with Gasteiger partial charge in [0.2, 0.25) is 0 Å². The summed E-state index contributed by atoms with van der Waals surface area (Å²) >= 11 is 0. The van der Waals surface area contributed by atoms with Gasteiger partial charge in [-0.05, 0) is 119 Å². The van der Waals surface area contributed by atoms with Crippen LogP contribution < -0.4 is 10.6 Å². The molecule has 1 aromatic carbocycles. The summed E-state index contributed by atoms with van der Waals surface area (Å²) in [7, 11) is 0. The van der Waals surface area contributed by atoms with Gasteiger partial charge in [-0.3, -0.25) is 4.98 Å². The lowest BCUT2D eigenvalue weighted by molar-refractivity contribution is 0.229. The first kappa shape index (κ1) is 37.4. The molecule has 0 saturated carbocycles. The lowest BCUT2D eigenvalue weighted by Crippen LogP contribution is -2.30. The highest BCUT2D eigenvalue weighted by molar-refractivity contribution is 5.73. The standard InChI is InChI=1S/C24H33N3.C8H17N.2C2H6/c1-4-17-27(18-5-2)24-13-10-21(11-14-24)7-6-8-22(15-16-25)23-12-9-20(3)26-19-23;1-2-6-9-7-4-3-5-8-9;2*1-2/h8-16,19H,4-7,17-18,25H2,1-3H3;2-8H2,1H3;2*1-2H3/b16-15-,22-8+;;;. The van der Waals surface area contributed by atoms with E-state index >= 15 is 0 Å². The van der Waals surface area contributed by atoms with Crippen LogP contribution in [0.5, 0.6) is 0 Å². The molecule has 0 radical (unpaired) electrons. The van der Waals surface area contributed by atoms with Gasteiger partial charge < -0.3 is 15.5 Å². The molecule has 2 heterocycles. The minimum atomic E-state index is 0.973. The number of nitrogens with two attached hydrogens (primary N) is 1. The van der Waals surface area contributed by atoms with E-state index in [2.05, 4.69) is 72.0 Å². The van der Waals surface area contributed by atoms with E-state index in [1.165, 1.54) is 69.4 Å². The molecule has 4 heteroatoms. The molecule has 1 saturated heterocycles. The molecule has 226 valence electrons. The van der Waals surface area contributed by atoms with Crippen molar-refractivity contribution in [3.63, 3.8) is 0 Å². The average molecular weight is 551 g/mol. The summed E-state index contributed by atoms with van der Waals surface area (Å²) in [6.07, 6.45) is 17.7. The first-order valence-corrected chi connectivity index (χ1v) is 16.2. The number of pyridine rings is 1. The Bertz CT molecular complexity index is 869. The molecule has 0 aliphatic carbocycles. The molecule has 0 atom stereocenters. The van der Waals surface area contributed by atoms with Crippen molar-refractivity contribution in [1.29, 1.82) is 0 Å². The maximum Gasteiger partial charge on any atom is 0.0373 e. The van der Waals surface area contributed by atoms with Crippen molar-refractivity contribution in [2.45, 2.75) is 107 Å². The van der Waals surface area contributed by atoms with E-state index < -0.39 is 0 Å². The number of aryl methyl sites for hydroxylation is 2. The Morgan fingerprint density at radius 2 is 1.50 bits per heavy atom. The number of likely N-dealkylation sites (tertiary alicyclic amines) is 1. The zero-order valence-electron chi connectivity index (χ0n) is 27.4. The van der Waals surface area contributed by atoms with Crippen molar-refractivity contribution in [1.82, 2.24) is 9.88 Å². The number of rotatable bonds is 12. The van der Waals surface area contributed by atoms with E-state index in [0.717, 1.165) is 42.8 Å². The van der Waals surface area contributed by atoms with Crippen LogP contribution in [-0.4, -0.2) is 42.6 Å². The van der Waals surface area contributed by atoms with Gasteiger partial charge in [-0.1, -0.05) is 79.2 Å². The number of anilines is 1. The number of benzene rings is 1. The van der Waals surface area contributed by atoms with Crippen molar-refractivity contribution < 1.29 is 0 Å². The van der Waals surface area contributed by atoms with Crippen LogP contribution in [0.4, 0.5) is 5.69 Å². The third-order valence-electron chi connectivity index (χ3n) is 6.59. The lowest BCUT2D eigenvalue weighted by atomic mass is 10.0. The van der Waals surface area contributed by atoms with Crippen LogP contribution in [0.25, 0.3) is 5.57 Å². The molecule has 0 amide bonds. The Hall–Kier alpha value is -2.59. The quantitative estimate of drug-likeness (QED) is 0.267. The van der Waals surface area contributed by atoms with Gasteiger partial charge in [0.15, 0.2) is 0 Å². The second kappa shape index (κ2) is 25.4. The molecule has 4 nitrogen and oxygen atoms in total. The molecule has 40 heavy (non-hydrogen) atoms. The van der Waals surface area contributed by atoms with Gasteiger partial charge >= 0.3 is 0 Å². The van der Waals surface area contributed by atoms with Crippen molar-refractivity contribution in [2.24, 2.45) is 5.73 Å². The summed E-state index contributed by atoms with van der Waals surface area (Å²) in [6.45, 7) is 23.0. The smallest absolute Gasteiger partial charge is 0.0373 e. The molecule has 1 aromatic heterocycles. The molecule has 1 aliphatic rings. The summed E-state index contributed by atoms with van der Waals surface area (Å²) in [5.74, 6) is 0. The van der Waals surface area contributed by atoms with Crippen LogP contribution in [0.2, 0.25) is 0 Å². The Labute approximate surface area is 248 Å². The van der Waals surface area contributed by atoms with E-state index in [0.29, 0.717) is 0 Å². The summed E-state index contributed by atoms with van der Waals surface area (Å²) in [5, 5.41) is 0. The van der Waals surface area contributed by atoms with Crippen LogP contribution in [0, 0.1) is 6.92 Å². The van der Waals surface area contributed by atoms with Crippen LogP contribution in [0.15, 0.2) is 60.9 Å². The van der Waals surface area contributed by atoms with E-state index in [1.54, 1.807) is 6.20 Å². The van der Waals surface area contributed by atoms with E-state index in [4.69, 9.17) is 5.73 Å². The first-order chi connectivity index (χ1) is 19.6. The maximum absolute atomic E-state index is 5.63.